The highest BCUT2D eigenvalue weighted by Gasteiger charge is 2.09. The number of hydrazone groups is 1. The number of phenols is 1. The average molecular weight is 379 g/mol. The molecule has 0 aliphatic rings. The number of hydrogen-bond donors (Lipinski definition) is 2. The third-order valence-electron chi connectivity index (χ3n) is 2.97. The lowest BCUT2D eigenvalue weighted by Gasteiger charge is -2.07. The van der Waals surface area contributed by atoms with Crippen molar-refractivity contribution in [3.8, 4) is 17.2 Å². The lowest BCUT2D eigenvalue weighted by atomic mass is 10.2. The number of phenolic OH excluding ortho intramolecular Hbond substituents is 1. The van der Waals surface area contributed by atoms with Gasteiger partial charge in [0.2, 0.25) is 0 Å². The Kier molecular flexibility index (Phi) is 5.59. The molecule has 0 heterocycles. The number of nitrogens with zero attached hydrogens (tertiary/aromatic N) is 1. The zero-order valence-electron chi connectivity index (χ0n) is 12.5. The maximum Gasteiger partial charge on any atom is 0.271 e. The number of benzene rings is 2. The van der Waals surface area contributed by atoms with Crippen molar-refractivity contribution in [1.29, 1.82) is 0 Å². The van der Waals surface area contributed by atoms with Crippen LogP contribution >= 0.6 is 15.9 Å². The molecule has 0 saturated heterocycles. The fraction of sp³-hybridized carbons (Fsp3) is 0.125. The molecule has 2 N–H and O–H groups in total. The number of carbonyl (C=O) groups is 1. The van der Waals surface area contributed by atoms with E-state index in [1.54, 1.807) is 30.3 Å². The second-order valence-corrected chi connectivity index (χ2v) is 5.42. The third kappa shape index (κ3) is 4.46. The van der Waals surface area contributed by atoms with E-state index < -0.39 is 5.91 Å². The van der Waals surface area contributed by atoms with Gasteiger partial charge in [-0.05, 0) is 30.3 Å². The highest BCUT2D eigenvalue weighted by Crippen LogP contribution is 2.22. The highest BCUT2D eigenvalue weighted by atomic mass is 79.9. The van der Waals surface area contributed by atoms with Crippen molar-refractivity contribution >= 4 is 28.1 Å². The fourth-order valence-electron chi connectivity index (χ4n) is 1.79. The summed E-state index contributed by atoms with van der Waals surface area (Å²) in [5.41, 5.74) is 3.21. The van der Waals surface area contributed by atoms with Crippen LogP contribution in [0.3, 0.4) is 0 Å². The highest BCUT2D eigenvalue weighted by molar-refractivity contribution is 9.10. The predicted molar refractivity (Wildman–Crippen MR) is 90.4 cm³/mol. The van der Waals surface area contributed by atoms with Gasteiger partial charge in [0.15, 0.2) is 0 Å². The number of halogens is 1. The number of nitrogens with one attached hydrogen (secondary N) is 1. The summed E-state index contributed by atoms with van der Waals surface area (Å²) in [6, 6.07) is 9.72. The Hall–Kier alpha value is -2.54. The van der Waals surface area contributed by atoms with E-state index in [1.165, 1.54) is 26.5 Å². The summed E-state index contributed by atoms with van der Waals surface area (Å²) >= 11 is 3.30. The fourth-order valence-corrected chi connectivity index (χ4v) is 2.17. The van der Waals surface area contributed by atoms with E-state index in [0.717, 1.165) is 4.47 Å². The zero-order valence-corrected chi connectivity index (χ0v) is 14.1. The number of carbonyl (C=O) groups excluding carboxylic acids is 1. The van der Waals surface area contributed by atoms with Crippen LogP contribution in [-0.2, 0) is 0 Å². The lowest BCUT2D eigenvalue weighted by Crippen LogP contribution is -2.17. The molecule has 0 radical (unpaired) electrons. The number of ether oxygens (including phenoxy) is 2. The Labute approximate surface area is 141 Å². The van der Waals surface area contributed by atoms with Gasteiger partial charge in [-0.2, -0.15) is 5.10 Å². The van der Waals surface area contributed by atoms with Gasteiger partial charge in [0, 0.05) is 21.7 Å². The van der Waals surface area contributed by atoms with Gasteiger partial charge in [-0.25, -0.2) is 5.43 Å². The molecule has 120 valence electrons. The first-order chi connectivity index (χ1) is 11.0. The second-order valence-electron chi connectivity index (χ2n) is 4.50. The van der Waals surface area contributed by atoms with Gasteiger partial charge in [-0.3, -0.25) is 4.79 Å². The van der Waals surface area contributed by atoms with E-state index in [9.17, 15) is 9.90 Å². The van der Waals surface area contributed by atoms with Crippen LogP contribution in [-0.4, -0.2) is 31.4 Å². The summed E-state index contributed by atoms with van der Waals surface area (Å²) in [7, 11) is 3.01. The van der Waals surface area contributed by atoms with E-state index in [1.807, 2.05) is 0 Å². The maximum atomic E-state index is 12.1. The molecule has 0 unspecified atom stereocenters. The second kappa shape index (κ2) is 7.64. The monoisotopic (exact) mass is 378 g/mol. The first kappa shape index (κ1) is 16.8. The molecule has 0 aliphatic heterocycles. The van der Waals surface area contributed by atoms with Crippen molar-refractivity contribution in [2.45, 2.75) is 0 Å². The molecule has 0 saturated carbocycles. The van der Waals surface area contributed by atoms with E-state index in [4.69, 9.17) is 9.47 Å². The molecule has 1 amide bonds. The number of methoxy groups -OCH3 is 2. The van der Waals surface area contributed by atoms with Gasteiger partial charge < -0.3 is 14.6 Å². The zero-order chi connectivity index (χ0) is 16.8. The van der Waals surface area contributed by atoms with Crippen molar-refractivity contribution in [1.82, 2.24) is 5.43 Å². The van der Waals surface area contributed by atoms with Gasteiger partial charge in [-0.1, -0.05) is 15.9 Å². The first-order valence-corrected chi connectivity index (χ1v) is 7.38. The van der Waals surface area contributed by atoms with Crippen molar-refractivity contribution in [2.75, 3.05) is 14.2 Å². The minimum Gasteiger partial charge on any atom is -0.507 e. The van der Waals surface area contributed by atoms with Crippen LogP contribution in [0.1, 0.15) is 15.9 Å². The molecule has 0 aromatic heterocycles. The molecule has 0 aliphatic carbocycles. The smallest absolute Gasteiger partial charge is 0.271 e. The average Bonchev–Trinajstić information content (AvgIpc) is 2.57. The van der Waals surface area contributed by atoms with Crippen molar-refractivity contribution < 1.29 is 19.4 Å². The number of aromatic hydroxyl groups is 1. The summed E-state index contributed by atoms with van der Waals surface area (Å²) in [6.07, 6.45) is 1.36. The summed E-state index contributed by atoms with van der Waals surface area (Å²) in [5, 5.41) is 13.5. The van der Waals surface area contributed by atoms with Gasteiger partial charge in [0.25, 0.3) is 5.91 Å². The topological polar surface area (TPSA) is 80.2 Å². The Balaban J connectivity index is 2.13. The molecule has 23 heavy (non-hydrogen) atoms. The van der Waals surface area contributed by atoms with E-state index in [-0.39, 0.29) is 5.75 Å². The molecule has 2 rings (SSSR count). The van der Waals surface area contributed by atoms with Gasteiger partial charge in [-0.15, -0.1) is 0 Å². The van der Waals surface area contributed by atoms with Crippen LogP contribution in [0.5, 0.6) is 17.2 Å². The molecule has 0 spiro atoms. The number of rotatable bonds is 5. The molecule has 2 aromatic rings. The van der Waals surface area contributed by atoms with Crippen LogP contribution < -0.4 is 14.9 Å². The number of hydrogen-bond acceptors (Lipinski definition) is 5. The van der Waals surface area contributed by atoms with Crippen molar-refractivity contribution in [3.63, 3.8) is 0 Å². The summed E-state index contributed by atoms with van der Waals surface area (Å²) in [5.74, 6) is 0.647. The Morgan fingerprint density at radius 3 is 2.43 bits per heavy atom. The van der Waals surface area contributed by atoms with Gasteiger partial charge in [0.1, 0.15) is 17.2 Å². The Morgan fingerprint density at radius 1 is 1.17 bits per heavy atom. The summed E-state index contributed by atoms with van der Waals surface area (Å²) in [4.78, 5) is 12.1. The molecular formula is C16H15BrN2O4. The quantitative estimate of drug-likeness (QED) is 0.619. The molecular weight excluding hydrogens is 364 g/mol. The van der Waals surface area contributed by atoms with Crippen molar-refractivity contribution in [2.24, 2.45) is 5.10 Å². The summed E-state index contributed by atoms with van der Waals surface area (Å²) < 4.78 is 11.0. The van der Waals surface area contributed by atoms with Gasteiger partial charge in [0.05, 0.1) is 20.4 Å². The molecule has 2 aromatic carbocycles. The first-order valence-electron chi connectivity index (χ1n) is 6.58. The van der Waals surface area contributed by atoms with Crippen LogP contribution in [0.4, 0.5) is 0 Å². The molecule has 6 nitrogen and oxygen atoms in total. The molecule has 0 bridgehead atoms. The third-order valence-corrected chi connectivity index (χ3v) is 3.47. The lowest BCUT2D eigenvalue weighted by molar-refractivity contribution is 0.0954. The molecule has 0 fully saturated rings. The van der Waals surface area contributed by atoms with E-state index in [0.29, 0.717) is 22.6 Å². The van der Waals surface area contributed by atoms with Crippen LogP contribution in [0.2, 0.25) is 0 Å². The normalized spacial score (nSPS) is 10.6. The minimum atomic E-state index is -0.423. The Morgan fingerprint density at radius 2 is 1.83 bits per heavy atom. The SMILES string of the molecule is COc1cc(OC)cc(C(=O)N/N=C\c2cc(Br)ccc2O)c1. The predicted octanol–water partition coefficient (Wildman–Crippen LogP) is 2.94. The standard InChI is InChI=1S/C16H15BrN2O4/c1-22-13-6-10(7-14(8-13)23-2)16(21)19-18-9-11-5-12(17)3-4-15(11)20/h3-9,20H,1-2H3,(H,19,21)/b18-9-. The minimum absolute atomic E-state index is 0.0641. The summed E-state index contributed by atoms with van der Waals surface area (Å²) in [6.45, 7) is 0. The Bertz CT molecular complexity index is 725. The molecule has 0 atom stereocenters. The number of amides is 1. The van der Waals surface area contributed by atoms with Crippen LogP contribution in [0.15, 0.2) is 46.0 Å². The van der Waals surface area contributed by atoms with Crippen LogP contribution in [0.25, 0.3) is 0 Å². The van der Waals surface area contributed by atoms with Crippen LogP contribution in [0, 0.1) is 0 Å². The van der Waals surface area contributed by atoms with E-state index in [2.05, 4.69) is 26.5 Å². The van der Waals surface area contributed by atoms with Crippen molar-refractivity contribution in [3.05, 3.63) is 52.0 Å². The largest absolute Gasteiger partial charge is 0.507 e. The maximum absolute atomic E-state index is 12.1. The molecule has 7 heteroatoms. The van der Waals surface area contributed by atoms with E-state index >= 15 is 0 Å². The van der Waals surface area contributed by atoms with Gasteiger partial charge >= 0.3 is 0 Å².